The van der Waals surface area contributed by atoms with Gasteiger partial charge in [0.1, 0.15) is 0 Å². The average molecular weight is 323 g/mol. The van der Waals surface area contributed by atoms with Crippen LogP contribution in [0.2, 0.25) is 0 Å². The third-order valence-corrected chi connectivity index (χ3v) is 5.40. The zero-order valence-electron chi connectivity index (χ0n) is 13.3. The molecule has 2 aromatic rings. The molecule has 0 aromatic carbocycles. The van der Waals surface area contributed by atoms with Gasteiger partial charge < -0.3 is 5.32 Å². The summed E-state index contributed by atoms with van der Waals surface area (Å²) < 4.78 is 0. The summed E-state index contributed by atoms with van der Waals surface area (Å²) in [6.07, 6.45) is 1.19. The molecule has 1 N–H and O–H groups in total. The Bertz CT molecular complexity index is 503. The number of hydrogen-bond acceptors (Lipinski definition) is 4. The van der Waals surface area contributed by atoms with Crippen LogP contribution in [-0.4, -0.2) is 17.5 Å². The highest BCUT2D eigenvalue weighted by molar-refractivity contribution is 7.12. The maximum atomic E-state index is 3.48. The maximum Gasteiger partial charge on any atom is 0.0334 e. The minimum Gasteiger partial charge on any atom is -0.312 e. The van der Waals surface area contributed by atoms with Crippen LogP contribution in [0.3, 0.4) is 0 Å². The van der Waals surface area contributed by atoms with Gasteiger partial charge in [0.25, 0.3) is 0 Å². The molecule has 0 spiro atoms. The van der Waals surface area contributed by atoms with E-state index in [1.54, 1.807) is 0 Å². The quantitative estimate of drug-likeness (QED) is 0.672. The van der Waals surface area contributed by atoms with Gasteiger partial charge in [-0.3, -0.25) is 4.90 Å². The summed E-state index contributed by atoms with van der Waals surface area (Å²) >= 11 is 3.79. The summed E-state index contributed by atoms with van der Waals surface area (Å²) in [6.45, 7) is 11.0. The smallest absolute Gasteiger partial charge is 0.0334 e. The zero-order chi connectivity index (χ0) is 15.1. The molecule has 0 atom stereocenters. The largest absolute Gasteiger partial charge is 0.312 e. The van der Waals surface area contributed by atoms with Crippen molar-refractivity contribution in [1.82, 2.24) is 10.2 Å². The number of thiophene rings is 2. The summed E-state index contributed by atoms with van der Waals surface area (Å²) in [6, 6.07) is 9.50. The molecule has 0 saturated heterocycles. The van der Waals surface area contributed by atoms with E-state index in [2.05, 4.69) is 60.6 Å². The third-order valence-electron chi connectivity index (χ3n) is 3.47. The summed E-state index contributed by atoms with van der Waals surface area (Å²) in [7, 11) is 0. The van der Waals surface area contributed by atoms with Gasteiger partial charge in [-0.1, -0.05) is 13.0 Å². The zero-order valence-corrected chi connectivity index (χ0v) is 14.9. The van der Waals surface area contributed by atoms with Crippen LogP contribution in [-0.2, 0) is 19.6 Å². The Kier molecular flexibility index (Phi) is 6.90. The Balaban J connectivity index is 1.91. The second-order valence-corrected chi connectivity index (χ2v) is 7.91. The molecule has 0 saturated carbocycles. The lowest BCUT2D eigenvalue weighted by molar-refractivity contribution is 0.207. The Morgan fingerprint density at radius 2 is 1.86 bits per heavy atom. The first kappa shape index (κ1) is 16.7. The predicted octanol–water partition coefficient (Wildman–Crippen LogP) is 4.72. The van der Waals surface area contributed by atoms with Crippen molar-refractivity contribution in [2.45, 2.75) is 52.9 Å². The lowest BCUT2D eigenvalue weighted by Crippen LogP contribution is -2.29. The fourth-order valence-corrected chi connectivity index (χ4v) is 3.96. The number of hydrogen-bond donors (Lipinski definition) is 1. The molecule has 116 valence electrons. The normalized spacial score (nSPS) is 11.7. The van der Waals surface area contributed by atoms with Crippen molar-refractivity contribution < 1.29 is 0 Å². The fraction of sp³-hybridized carbons (Fsp3) is 0.529. The molecule has 0 radical (unpaired) electrons. The topological polar surface area (TPSA) is 15.3 Å². The van der Waals surface area contributed by atoms with Gasteiger partial charge in [0.15, 0.2) is 0 Å². The molecule has 2 heterocycles. The second kappa shape index (κ2) is 8.69. The SMILES string of the molecule is CCCNCc1ccc(CN(Cc2cccs2)C(C)C)s1. The molecule has 0 unspecified atom stereocenters. The summed E-state index contributed by atoms with van der Waals surface area (Å²) in [5.41, 5.74) is 0. The van der Waals surface area contributed by atoms with E-state index in [9.17, 15) is 0 Å². The van der Waals surface area contributed by atoms with E-state index in [0.717, 1.165) is 26.2 Å². The van der Waals surface area contributed by atoms with Crippen molar-refractivity contribution in [2.24, 2.45) is 0 Å². The lowest BCUT2D eigenvalue weighted by atomic mass is 10.3. The van der Waals surface area contributed by atoms with Crippen LogP contribution in [0.25, 0.3) is 0 Å². The van der Waals surface area contributed by atoms with E-state index in [-0.39, 0.29) is 0 Å². The van der Waals surface area contributed by atoms with E-state index in [4.69, 9.17) is 0 Å². The summed E-state index contributed by atoms with van der Waals surface area (Å²) in [5, 5.41) is 5.64. The van der Waals surface area contributed by atoms with Gasteiger partial charge in [0.05, 0.1) is 0 Å². The molecule has 2 rings (SSSR count). The molecule has 0 aliphatic rings. The van der Waals surface area contributed by atoms with Crippen LogP contribution < -0.4 is 5.32 Å². The minimum atomic E-state index is 0.566. The van der Waals surface area contributed by atoms with Crippen molar-refractivity contribution in [3.63, 3.8) is 0 Å². The van der Waals surface area contributed by atoms with Gasteiger partial charge in [-0.15, -0.1) is 22.7 Å². The maximum absolute atomic E-state index is 3.48. The van der Waals surface area contributed by atoms with Crippen LogP contribution in [0, 0.1) is 0 Å². The molecule has 21 heavy (non-hydrogen) atoms. The molecule has 0 bridgehead atoms. The first-order valence-electron chi connectivity index (χ1n) is 7.73. The molecular formula is C17H26N2S2. The second-order valence-electron chi connectivity index (χ2n) is 5.62. The third kappa shape index (κ3) is 5.55. The van der Waals surface area contributed by atoms with Crippen molar-refractivity contribution in [2.75, 3.05) is 6.54 Å². The minimum absolute atomic E-state index is 0.566. The molecule has 4 heteroatoms. The first-order chi connectivity index (χ1) is 10.2. The monoisotopic (exact) mass is 322 g/mol. The molecule has 0 fully saturated rings. The molecule has 0 aliphatic heterocycles. The van der Waals surface area contributed by atoms with Crippen LogP contribution >= 0.6 is 22.7 Å². The predicted molar refractivity (Wildman–Crippen MR) is 95.0 cm³/mol. The van der Waals surface area contributed by atoms with Crippen LogP contribution in [0.4, 0.5) is 0 Å². The fourth-order valence-electron chi connectivity index (χ4n) is 2.21. The molecule has 0 amide bonds. The number of rotatable bonds is 9. The average Bonchev–Trinajstić information content (AvgIpc) is 3.10. The van der Waals surface area contributed by atoms with E-state index >= 15 is 0 Å². The lowest BCUT2D eigenvalue weighted by Gasteiger charge is -2.25. The molecule has 2 nitrogen and oxygen atoms in total. The highest BCUT2D eigenvalue weighted by Gasteiger charge is 2.12. The van der Waals surface area contributed by atoms with Gasteiger partial charge in [-0.2, -0.15) is 0 Å². The van der Waals surface area contributed by atoms with Gasteiger partial charge in [0, 0.05) is 40.3 Å². The first-order valence-corrected chi connectivity index (χ1v) is 9.43. The Hall–Kier alpha value is -0.680. The van der Waals surface area contributed by atoms with Gasteiger partial charge in [-0.05, 0) is 50.4 Å². The molecule has 0 aliphatic carbocycles. The number of nitrogens with zero attached hydrogens (tertiary/aromatic N) is 1. The van der Waals surface area contributed by atoms with Crippen LogP contribution in [0.15, 0.2) is 29.6 Å². The highest BCUT2D eigenvalue weighted by atomic mass is 32.1. The number of nitrogens with one attached hydrogen (secondary N) is 1. The van der Waals surface area contributed by atoms with Crippen molar-refractivity contribution in [3.8, 4) is 0 Å². The Labute approximate surface area is 136 Å². The standard InChI is InChI=1S/C17H26N2S2/c1-4-9-18-11-15-7-8-17(21-15)13-19(14(2)3)12-16-6-5-10-20-16/h5-8,10,14,18H,4,9,11-13H2,1-3H3. The van der Waals surface area contributed by atoms with Gasteiger partial charge in [-0.25, -0.2) is 0 Å². The van der Waals surface area contributed by atoms with Crippen LogP contribution in [0.1, 0.15) is 41.8 Å². The van der Waals surface area contributed by atoms with Gasteiger partial charge in [0.2, 0.25) is 0 Å². The van der Waals surface area contributed by atoms with Crippen molar-refractivity contribution in [3.05, 3.63) is 44.3 Å². The van der Waals surface area contributed by atoms with Crippen LogP contribution in [0.5, 0.6) is 0 Å². The van der Waals surface area contributed by atoms with E-state index in [0.29, 0.717) is 6.04 Å². The van der Waals surface area contributed by atoms with Gasteiger partial charge >= 0.3 is 0 Å². The van der Waals surface area contributed by atoms with E-state index < -0.39 is 0 Å². The molecule has 2 aromatic heterocycles. The van der Waals surface area contributed by atoms with Crippen molar-refractivity contribution in [1.29, 1.82) is 0 Å². The molecular weight excluding hydrogens is 296 g/mol. The van der Waals surface area contributed by atoms with E-state index in [1.807, 2.05) is 22.7 Å². The highest BCUT2D eigenvalue weighted by Crippen LogP contribution is 2.21. The summed E-state index contributed by atoms with van der Waals surface area (Å²) in [5.74, 6) is 0. The van der Waals surface area contributed by atoms with Crippen molar-refractivity contribution >= 4 is 22.7 Å². The Morgan fingerprint density at radius 3 is 2.52 bits per heavy atom. The summed E-state index contributed by atoms with van der Waals surface area (Å²) in [4.78, 5) is 6.90. The van der Waals surface area contributed by atoms with E-state index in [1.165, 1.54) is 21.1 Å². The Morgan fingerprint density at radius 1 is 1.10 bits per heavy atom.